The minimum Gasteiger partial charge on any atom is -0.349 e. The monoisotopic (exact) mass is 328 g/mol. The van der Waals surface area contributed by atoms with Crippen molar-refractivity contribution in [3.8, 4) is 0 Å². The number of hydrogen-bond acceptors (Lipinski definition) is 2. The molecule has 2 fully saturated rings. The summed E-state index contributed by atoms with van der Waals surface area (Å²) in [4.78, 5) is 26.5. The molecule has 4 heteroatoms. The summed E-state index contributed by atoms with van der Waals surface area (Å²) in [5.74, 6) is 0.292. The zero-order valence-corrected chi connectivity index (χ0v) is 14.6. The Balaban J connectivity index is 1.56. The van der Waals surface area contributed by atoms with E-state index in [9.17, 15) is 9.59 Å². The average molecular weight is 328 g/mol. The van der Waals surface area contributed by atoms with Crippen LogP contribution in [0.2, 0.25) is 0 Å². The maximum Gasteiger partial charge on any atom is 0.251 e. The first-order chi connectivity index (χ1) is 11.7. The summed E-state index contributed by atoms with van der Waals surface area (Å²) >= 11 is 0. The van der Waals surface area contributed by atoms with Gasteiger partial charge in [0.1, 0.15) is 0 Å². The second-order valence-electron chi connectivity index (χ2n) is 7.15. The first-order valence-corrected chi connectivity index (χ1v) is 9.36. The Morgan fingerprint density at radius 2 is 1.79 bits per heavy atom. The van der Waals surface area contributed by atoms with Crippen LogP contribution in [-0.2, 0) is 11.3 Å². The topological polar surface area (TPSA) is 49.4 Å². The third-order valence-electron chi connectivity index (χ3n) is 4.78. The molecular weight excluding hydrogens is 300 g/mol. The lowest BCUT2D eigenvalue weighted by molar-refractivity contribution is -0.132. The first kappa shape index (κ1) is 17.0. The van der Waals surface area contributed by atoms with E-state index < -0.39 is 0 Å². The molecule has 24 heavy (non-hydrogen) atoms. The van der Waals surface area contributed by atoms with E-state index in [1.807, 2.05) is 29.2 Å². The van der Waals surface area contributed by atoms with E-state index in [1.165, 1.54) is 0 Å². The minimum absolute atomic E-state index is 0.0127. The van der Waals surface area contributed by atoms with Gasteiger partial charge in [-0.25, -0.2) is 0 Å². The number of carbonyl (C=O) groups excluding carboxylic acids is 2. The number of hydrogen-bond donors (Lipinski definition) is 1. The molecule has 3 rings (SSSR count). The van der Waals surface area contributed by atoms with Crippen molar-refractivity contribution in [2.45, 2.75) is 76.9 Å². The van der Waals surface area contributed by atoms with E-state index in [2.05, 4.69) is 12.2 Å². The van der Waals surface area contributed by atoms with Crippen LogP contribution < -0.4 is 5.32 Å². The number of rotatable bonds is 9. The number of nitrogens with one attached hydrogen (secondary N) is 1. The molecule has 4 nitrogen and oxygen atoms in total. The standard InChI is InChI=1S/C20H28N2O2/c1-2-3-4-5-19(23)22(18-12-13-18)14-15-6-8-16(9-7-15)20(24)21-17-10-11-17/h6-9,17-18H,2-5,10-14H2,1H3,(H,21,24). The Morgan fingerprint density at radius 3 is 2.38 bits per heavy atom. The molecule has 130 valence electrons. The Hall–Kier alpha value is -1.84. The van der Waals surface area contributed by atoms with Crippen molar-refractivity contribution in [1.82, 2.24) is 10.2 Å². The highest BCUT2D eigenvalue weighted by atomic mass is 16.2. The molecule has 0 radical (unpaired) electrons. The van der Waals surface area contributed by atoms with Crippen molar-refractivity contribution in [2.75, 3.05) is 0 Å². The van der Waals surface area contributed by atoms with E-state index >= 15 is 0 Å². The van der Waals surface area contributed by atoms with E-state index in [4.69, 9.17) is 0 Å². The van der Waals surface area contributed by atoms with Crippen molar-refractivity contribution in [3.05, 3.63) is 35.4 Å². The smallest absolute Gasteiger partial charge is 0.251 e. The summed E-state index contributed by atoms with van der Waals surface area (Å²) in [6, 6.07) is 8.52. The largest absolute Gasteiger partial charge is 0.349 e. The summed E-state index contributed by atoms with van der Waals surface area (Å²) in [6.07, 6.45) is 8.35. The van der Waals surface area contributed by atoms with Gasteiger partial charge in [0, 0.05) is 30.6 Å². The molecule has 0 aromatic heterocycles. The van der Waals surface area contributed by atoms with Crippen molar-refractivity contribution >= 4 is 11.8 Å². The molecule has 0 spiro atoms. The van der Waals surface area contributed by atoms with Crippen molar-refractivity contribution < 1.29 is 9.59 Å². The van der Waals surface area contributed by atoms with Gasteiger partial charge in [-0.1, -0.05) is 31.9 Å². The Labute approximate surface area is 144 Å². The molecule has 2 aliphatic rings. The highest BCUT2D eigenvalue weighted by molar-refractivity contribution is 5.94. The van der Waals surface area contributed by atoms with Crippen molar-refractivity contribution in [1.29, 1.82) is 0 Å². The maximum absolute atomic E-state index is 12.5. The SMILES string of the molecule is CCCCCC(=O)N(Cc1ccc(C(=O)NC2CC2)cc1)C1CC1. The van der Waals surface area contributed by atoms with Crippen LogP contribution in [0.5, 0.6) is 0 Å². The lowest BCUT2D eigenvalue weighted by Crippen LogP contribution is -2.32. The summed E-state index contributed by atoms with van der Waals surface area (Å²) in [5.41, 5.74) is 1.81. The van der Waals surface area contributed by atoms with E-state index in [1.54, 1.807) is 0 Å². The van der Waals surface area contributed by atoms with Gasteiger partial charge in [-0.2, -0.15) is 0 Å². The fourth-order valence-electron chi connectivity index (χ4n) is 2.93. The summed E-state index contributed by atoms with van der Waals surface area (Å²) in [5, 5.41) is 3.00. The van der Waals surface area contributed by atoms with Crippen LogP contribution in [0.4, 0.5) is 0 Å². The summed E-state index contributed by atoms with van der Waals surface area (Å²) < 4.78 is 0. The minimum atomic E-state index is 0.0127. The van der Waals surface area contributed by atoms with Gasteiger partial charge in [0.2, 0.25) is 5.91 Å². The Bertz CT molecular complexity index is 574. The molecule has 0 aliphatic heterocycles. The van der Waals surface area contributed by atoms with Gasteiger partial charge in [-0.05, 0) is 49.8 Å². The average Bonchev–Trinajstić information content (AvgIpc) is 3.47. The fourth-order valence-corrected chi connectivity index (χ4v) is 2.93. The highest BCUT2D eigenvalue weighted by Gasteiger charge is 2.32. The number of benzene rings is 1. The Morgan fingerprint density at radius 1 is 1.08 bits per heavy atom. The summed E-state index contributed by atoms with van der Waals surface area (Å²) in [7, 11) is 0. The van der Waals surface area contributed by atoms with Crippen LogP contribution in [-0.4, -0.2) is 28.8 Å². The molecule has 2 amide bonds. The van der Waals surface area contributed by atoms with Gasteiger partial charge in [0.05, 0.1) is 0 Å². The number of unbranched alkanes of at least 4 members (excludes halogenated alkanes) is 2. The third kappa shape index (κ3) is 4.83. The van der Waals surface area contributed by atoms with Crippen molar-refractivity contribution in [3.63, 3.8) is 0 Å². The molecule has 2 aliphatic carbocycles. The van der Waals surface area contributed by atoms with Crippen LogP contribution in [0, 0.1) is 0 Å². The van der Waals surface area contributed by atoms with Gasteiger partial charge in [0.15, 0.2) is 0 Å². The predicted octanol–water partition coefficient (Wildman–Crippen LogP) is 3.65. The number of nitrogens with zero attached hydrogens (tertiary/aromatic N) is 1. The van der Waals surface area contributed by atoms with Crippen molar-refractivity contribution in [2.24, 2.45) is 0 Å². The van der Waals surface area contributed by atoms with E-state index in [-0.39, 0.29) is 11.8 Å². The molecule has 0 heterocycles. The molecule has 1 aromatic carbocycles. The first-order valence-electron chi connectivity index (χ1n) is 9.36. The molecule has 0 unspecified atom stereocenters. The maximum atomic E-state index is 12.5. The summed E-state index contributed by atoms with van der Waals surface area (Å²) in [6.45, 7) is 2.82. The second kappa shape index (κ2) is 7.82. The normalized spacial score (nSPS) is 16.7. The number of amides is 2. The van der Waals surface area contributed by atoms with Crippen LogP contribution in [0.25, 0.3) is 0 Å². The van der Waals surface area contributed by atoms with Gasteiger partial charge < -0.3 is 10.2 Å². The molecular formula is C20H28N2O2. The number of carbonyl (C=O) groups is 2. The van der Waals surface area contributed by atoms with Gasteiger partial charge in [-0.3, -0.25) is 9.59 Å². The predicted molar refractivity (Wildman–Crippen MR) is 94.6 cm³/mol. The molecule has 1 aromatic rings. The lowest BCUT2D eigenvalue weighted by atomic mass is 10.1. The fraction of sp³-hybridized carbons (Fsp3) is 0.600. The van der Waals surface area contributed by atoms with Crippen LogP contribution in [0.3, 0.4) is 0 Å². The van der Waals surface area contributed by atoms with E-state index in [0.717, 1.165) is 50.5 Å². The molecule has 2 saturated carbocycles. The highest BCUT2D eigenvalue weighted by Crippen LogP contribution is 2.29. The quantitative estimate of drug-likeness (QED) is 0.704. The lowest BCUT2D eigenvalue weighted by Gasteiger charge is -2.23. The Kier molecular flexibility index (Phi) is 5.54. The zero-order chi connectivity index (χ0) is 16.9. The van der Waals surface area contributed by atoms with E-state index in [0.29, 0.717) is 30.6 Å². The second-order valence-corrected chi connectivity index (χ2v) is 7.15. The van der Waals surface area contributed by atoms with Crippen LogP contribution in [0.1, 0.15) is 74.2 Å². The van der Waals surface area contributed by atoms with Crippen LogP contribution in [0.15, 0.2) is 24.3 Å². The molecule has 0 atom stereocenters. The third-order valence-corrected chi connectivity index (χ3v) is 4.78. The molecule has 0 bridgehead atoms. The van der Waals surface area contributed by atoms with Gasteiger partial charge in [0.25, 0.3) is 5.91 Å². The van der Waals surface area contributed by atoms with Crippen LogP contribution >= 0.6 is 0 Å². The van der Waals surface area contributed by atoms with Gasteiger partial charge in [-0.15, -0.1) is 0 Å². The molecule has 1 N–H and O–H groups in total. The molecule has 0 saturated heterocycles. The zero-order valence-electron chi connectivity index (χ0n) is 14.6. The van der Waals surface area contributed by atoms with Gasteiger partial charge >= 0.3 is 0 Å².